The second kappa shape index (κ2) is 12.5. The van der Waals surface area contributed by atoms with E-state index in [1.807, 2.05) is 24.3 Å². The van der Waals surface area contributed by atoms with Crippen LogP contribution in [0.15, 0.2) is 72.8 Å². The molecule has 0 aromatic heterocycles. The molecule has 3 aromatic carbocycles. The average Bonchev–Trinajstić information content (AvgIpc) is 2.93. The third-order valence-electron chi connectivity index (χ3n) is 7.00. The van der Waals surface area contributed by atoms with Crippen molar-refractivity contribution in [2.24, 2.45) is 5.92 Å². The van der Waals surface area contributed by atoms with Crippen LogP contribution in [-0.4, -0.2) is 52.5 Å². The molecule has 0 spiro atoms. The van der Waals surface area contributed by atoms with Crippen LogP contribution >= 0.6 is 0 Å². The Morgan fingerprint density at radius 1 is 0.657 bits per heavy atom. The van der Waals surface area contributed by atoms with Crippen LogP contribution in [0, 0.1) is 5.92 Å². The molecule has 0 radical (unpaired) electrons. The Morgan fingerprint density at radius 3 is 1.54 bits per heavy atom. The molecule has 0 atom stereocenters. The first-order valence-corrected chi connectivity index (χ1v) is 12.5. The molecule has 35 heavy (non-hydrogen) atoms. The molecule has 4 rings (SSSR count). The van der Waals surface area contributed by atoms with E-state index in [4.69, 9.17) is 18.9 Å². The van der Waals surface area contributed by atoms with Crippen LogP contribution in [0.5, 0.6) is 23.0 Å². The molecular weight excluding hydrogens is 438 g/mol. The van der Waals surface area contributed by atoms with Crippen LogP contribution in [0.3, 0.4) is 0 Å². The number of likely N-dealkylation sites (tertiary alicyclic amines) is 1. The zero-order chi connectivity index (χ0) is 24.5. The van der Waals surface area contributed by atoms with E-state index in [2.05, 4.69) is 53.4 Å². The van der Waals surface area contributed by atoms with Gasteiger partial charge in [0.05, 0.1) is 27.9 Å². The van der Waals surface area contributed by atoms with Gasteiger partial charge in [-0.05, 0) is 97.9 Å². The minimum absolute atomic E-state index is 0.368. The van der Waals surface area contributed by atoms with E-state index in [9.17, 15) is 0 Å². The predicted molar refractivity (Wildman–Crippen MR) is 140 cm³/mol. The van der Waals surface area contributed by atoms with E-state index in [1.54, 1.807) is 21.3 Å². The highest BCUT2D eigenvalue weighted by atomic mass is 16.5. The molecule has 5 nitrogen and oxygen atoms in total. The Kier molecular flexibility index (Phi) is 8.90. The van der Waals surface area contributed by atoms with Gasteiger partial charge >= 0.3 is 0 Å². The zero-order valence-corrected chi connectivity index (χ0v) is 21.1. The molecular formula is C30H37NO4. The highest BCUT2D eigenvalue weighted by molar-refractivity contribution is 5.39. The normalized spacial score (nSPS) is 14.6. The van der Waals surface area contributed by atoms with Gasteiger partial charge in [0.25, 0.3) is 0 Å². The lowest BCUT2D eigenvalue weighted by Crippen LogP contribution is -2.36. The van der Waals surface area contributed by atoms with Gasteiger partial charge in [-0.3, -0.25) is 0 Å². The lowest BCUT2D eigenvalue weighted by Gasteiger charge is -2.36. The van der Waals surface area contributed by atoms with E-state index in [1.165, 1.54) is 24.0 Å². The zero-order valence-electron chi connectivity index (χ0n) is 21.1. The van der Waals surface area contributed by atoms with Gasteiger partial charge in [-0.15, -0.1) is 0 Å². The van der Waals surface area contributed by atoms with Gasteiger partial charge in [0, 0.05) is 12.5 Å². The molecule has 0 bridgehead atoms. The highest BCUT2D eigenvalue weighted by Gasteiger charge is 2.29. The van der Waals surface area contributed by atoms with Crippen molar-refractivity contribution in [1.29, 1.82) is 0 Å². The van der Waals surface area contributed by atoms with E-state index >= 15 is 0 Å². The summed E-state index contributed by atoms with van der Waals surface area (Å²) in [6.07, 6.45) is 3.39. The molecule has 0 unspecified atom stereocenters. The third-order valence-corrected chi connectivity index (χ3v) is 7.00. The second-order valence-electron chi connectivity index (χ2n) is 9.08. The van der Waals surface area contributed by atoms with Gasteiger partial charge in [-0.1, -0.05) is 24.3 Å². The van der Waals surface area contributed by atoms with Gasteiger partial charge in [0.15, 0.2) is 0 Å². The summed E-state index contributed by atoms with van der Waals surface area (Å²) in [5.74, 6) is 4.51. The Bertz CT molecular complexity index is 962. The van der Waals surface area contributed by atoms with Gasteiger partial charge < -0.3 is 23.8 Å². The third kappa shape index (κ3) is 6.70. The molecule has 1 aliphatic rings. The van der Waals surface area contributed by atoms with Crippen molar-refractivity contribution in [3.8, 4) is 23.0 Å². The monoisotopic (exact) mass is 475 g/mol. The first-order chi connectivity index (χ1) is 17.2. The average molecular weight is 476 g/mol. The number of hydrogen-bond donors (Lipinski definition) is 0. The Labute approximate surface area is 209 Å². The number of ether oxygens (including phenoxy) is 4. The minimum Gasteiger partial charge on any atom is -0.497 e. The van der Waals surface area contributed by atoms with Crippen molar-refractivity contribution in [3.05, 3.63) is 83.9 Å². The van der Waals surface area contributed by atoms with Crippen molar-refractivity contribution in [3.63, 3.8) is 0 Å². The summed E-state index contributed by atoms with van der Waals surface area (Å²) < 4.78 is 21.9. The van der Waals surface area contributed by atoms with Crippen LogP contribution in [0.1, 0.15) is 36.3 Å². The molecule has 0 aliphatic carbocycles. The van der Waals surface area contributed by atoms with Gasteiger partial charge in [-0.25, -0.2) is 0 Å². The summed E-state index contributed by atoms with van der Waals surface area (Å²) in [4.78, 5) is 2.58. The summed E-state index contributed by atoms with van der Waals surface area (Å²) >= 11 is 0. The van der Waals surface area contributed by atoms with Crippen LogP contribution in [-0.2, 0) is 0 Å². The van der Waals surface area contributed by atoms with Crippen molar-refractivity contribution >= 4 is 0 Å². The fourth-order valence-electron chi connectivity index (χ4n) is 5.02. The first kappa shape index (κ1) is 24.9. The van der Waals surface area contributed by atoms with Crippen LogP contribution in [0.2, 0.25) is 0 Å². The SMILES string of the molecule is COc1ccc(OCCCN2CCC(C(c3ccc(OC)cc3)c3ccc(OC)cc3)CC2)cc1. The number of piperidine rings is 1. The molecule has 1 aliphatic heterocycles. The molecule has 186 valence electrons. The van der Waals surface area contributed by atoms with Crippen molar-refractivity contribution in [2.45, 2.75) is 25.2 Å². The van der Waals surface area contributed by atoms with Crippen LogP contribution < -0.4 is 18.9 Å². The van der Waals surface area contributed by atoms with Gasteiger partial charge in [-0.2, -0.15) is 0 Å². The highest BCUT2D eigenvalue weighted by Crippen LogP contribution is 2.39. The molecule has 0 N–H and O–H groups in total. The fraction of sp³-hybridized carbons (Fsp3) is 0.400. The number of nitrogens with zero attached hydrogens (tertiary/aromatic N) is 1. The molecule has 3 aromatic rings. The summed E-state index contributed by atoms with van der Waals surface area (Å²) in [5, 5.41) is 0. The topological polar surface area (TPSA) is 40.2 Å². The lowest BCUT2D eigenvalue weighted by molar-refractivity contribution is 0.163. The number of rotatable bonds is 11. The first-order valence-electron chi connectivity index (χ1n) is 12.5. The number of benzene rings is 3. The molecule has 1 saturated heterocycles. The minimum atomic E-state index is 0.368. The number of methoxy groups -OCH3 is 3. The van der Waals surface area contributed by atoms with E-state index in [0.29, 0.717) is 11.8 Å². The van der Waals surface area contributed by atoms with Crippen LogP contribution in [0.25, 0.3) is 0 Å². The van der Waals surface area contributed by atoms with Gasteiger partial charge in [0.1, 0.15) is 23.0 Å². The maximum absolute atomic E-state index is 5.91. The van der Waals surface area contributed by atoms with Crippen molar-refractivity contribution < 1.29 is 18.9 Å². The largest absolute Gasteiger partial charge is 0.497 e. The molecule has 0 saturated carbocycles. The summed E-state index contributed by atoms with van der Waals surface area (Å²) in [7, 11) is 5.11. The van der Waals surface area contributed by atoms with Gasteiger partial charge in [0.2, 0.25) is 0 Å². The molecule has 1 heterocycles. The Morgan fingerprint density at radius 2 is 1.09 bits per heavy atom. The van der Waals surface area contributed by atoms with E-state index in [-0.39, 0.29) is 0 Å². The van der Waals surface area contributed by atoms with Crippen molar-refractivity contribution in [2.75, 3.05) is 47.6 Å². The molecule has 5 heteroatoms. The van der Waals surface area contributed by atoms with Crippen LogP contribution in [0.4, 0.5) is 0 Å². The van der Waals surface area contributed by atoms with E-state index < -0.39 is 0 Å². The predicted octanol–water partition coefficient (Wildman–Crippen LogP) is 6.03. The molecule has 0 amide bonds. The smallest absolute Gasteiger partial charge is 0.119 e. The van der Waals surface area contributed by atoms with E-state index in [0.717, 1.165) is 55.7 Å². The fourth-order valence-corrected chi connectivity index (χ4v) is 5.02. The second-order valence-corrected chi connectivity index (χ2v) is 9.08. The molecule has 1 fully saturated rings. The maximum atomic E-state index is 5.91. The standard InChI is InChI=1S/C30H37NO4/c1-32-26-9-5-23(6-10-26)30(24-7-11-27(33-2)12-8-24)25-17-20-31(21-18-25)19-4-22-35-29-15-13-28(34-3)14-16-29/h5-16,25,30H,4,17-22H2,1-3H3. The summed E-state index contributed by atoms with van der Waals surface area (Å²) in [6.45, 7) is 4.04. The lowest BCUT2D eigenvalue weighted by atomic mass is 9.76. The van der Waals surface area contributed by atoms with Crippen molar-refractivity contribution in [1.82, 2.24) is 4.90 Å². The Balaban J connectivity index is 1.32. The quantitative estimate of drug-likeness (QED) is 0.317. The Hall–Kier alpha value is -3.18. The summed E-state index contributed by atoms with van der Waals surface area (Å²) in [5.41, 5.74) is 2.70. The summed E-state index contributed by atoms with van der Waals surface area (Å²) in [6, 6.07) is 25.0. The maximum Gasteiger partial charge on any atom is 0.119 e. The number of hydrogen-bond acceptors (Lipinski definition) is 5.